The van der Waals surface area contributed by atoms with E-state index in [2.05, 4.69) is 21.1 Å². The van der Waals surface area contributed by atoms with E-state index in [4.69, 9.17) is 0 Å². The van der Waals surface area contributed by atoms with Gasteiger partial charge in [-0.3, -0.25) is 14.6 Å². The fourth-order valence-electron chi connectivity index (χ4n) is 3.80. The molecule has 0 saturated heterocycles. The van der Waals surface area contributed by atoms with Gasteiger partial charge in [-0.2, -0.15) is 5.10 Å². The monoisotopic (exact) mass is 391 g/mol. The number of aromatic nitrogens is 4. The van der Waals surface area contributed by atoms with Crippen LogP contribution in [0.5, 0.6) is 0 Å². The van der Waals surface area contributed by atoms with Gasteiger partial charge in [-0.05, 0) is 43.3 Å². The average Bonchev–Trinajstić information content (AvgIpc) is 3.37. The number of fused-ring (bicyclic) bond motifs is 2. The van der Waals surface area contributed by atoms with Crippen molar-refractivity contribution in [2.45, 2.75) is 26.3 Å². The molecule has 8 heteroatoms. The van der Waals surface area contributed by atoms with Crippen LogP contribution in [0.15, 0.2) is 46.7 Å². The minimum Gasteiger partial charge on any atom is -0.305 e. The Bertz CT molecular complexity index is 1290. The van der Waals surface area contributed by atoms with Crippen LogP contribution in [0.2, 0.25) is 0 Å². The van der Waals surface area contributed by atoms with E-state index < -0.39 is 0 Å². The lowest BCUT2D eigenvalue weighted by atomic mass is 10.1. The lowest BCUT2D eigenvalue weighted by molar-refractivity contribution is 0.0981. The molecule has 0 unspecified atom stereocenters. The van der Waals surface area contributed by atoms with Crippen molar-refractivity contribution in [1.82, 2.24) is 19.7 Å². The molecule has 1 atom stereocenters. The Labute approximate surface area is 164 Å². The van der Waals surface area contributed by atoms with Gasteiger partial charge in [0.2, 0.25) is 5.95 Å². The second-order valence-electron chi connectivity index (χ2n) is 6.94. The number of hydrogen-bond acceptors (Lipinski definition) is 5. The molecule has 3 aromatic heterocycles. The number of para-hydroxylation sites is 1. The zero-order chi connectivity index (χ0) is 19.4. The molecule has 0 radical (unpaired) electrons. The van der Waals surface area contributed by atoms with E-state index >= 15 is 0 Å². The van der Waals surface area contributed by atoms with Gasteiger partial charge in [-0.15, -0.1) is 11.3 Å². The first-order valence-corrected chi connectivity index (χ1v) is 9.86. The van der Waals surface area contributed by atoms with Crippen LogP contribution < -0.4 is 10.5 Å². The number of nitrogens with zero attached hydrogens (tertiary/aromatic N) is 4. The number of carbonyl (C=O) groups is 1. The normalized spacial score (nSPS) is 15.9. The number of nitrogens with one attached hydrogen (secondary N) is 1. The highest BCUT2D eigenvalue weighted by Crippen LogP contribution is 2.33. The number of rotatable bonds is 2. The average molecular weight is 391 g/mol. The summed E-state index contributed by atoms with van der Waals surface area (Å²) in [5, 5.41) is 6.16. The number of hydrogen-bond donors (Lipinski definition) is 1. The maximum absolute atomic E-state index is 13.3. The Balaban J connectivity index is 1.57. The number of carbonyl (C=O) groups excluding carboxylic acids is 1. The molecule has 0 fully saturated rings. The highest BCUT2D eigenvalue weighted by molar-refractivity contribution is 7.17. The molecule has 0 aliphatic carbocycles. The van der Waals surface area contributed by atoms with Crippen LogP contribution in [0.3, 0.4) is 0 Å². The van der Waals surface area contributed by atoms with Crippen molar-refractivity contribution in [2.24, 2.45) is 0 Å². The largest absolute Gasteiger partial charge is 0.305 e. The van der Waals surface area contributed by atoms with Crippen LogP contribution in [-0.4, -0.2) is 31.7 Å². The maximum atomic E-state index is 13.3. The van der Waals surface area contributed by atoms with Gasteiger partial charge in [0.15, 0.2) is 0 Å². The summed E-state index contributed by atoms with van der Waals surface area (Å²) >= 11 is 1.35. The molecule has 1 aliphatic rings. The molecule has 0 spiro atoms. The van der Waals surface area contributed by atoms with Crippen LogP contribution in [0.4, 0.5) is 5.69 Å². The van der Waals surface area contributed by atoms with Crippen molar-refractivity contribution in [2.75, 3.05) is 4.90 Å². The van der Waals surface area contributed by atoms with E-state index in [0.29, 0.717) is 27.4 Å². The zero-order valence-corrected chi connectivity index (χ0v) is 16.2. The van der Waals surface area contributed by atoms with Crippen LogP contribution in [0.25, 0.3) is 16.2 Å². The molecule has 1 amide bonds. The Kier molecular flexibility index (Phi) is 3.70. The van der Waals surface area contributed by atoms with E-state index in [9.17, 15) is 9.59 Å². The number of H-pyrrole nitrogens is 1. The summed E-state index contributed by atoms with van der Waals surface area (Å²) in [7, 11) is 0. The molecule has 140 valence electrons. The second-order valence-corrected chi connectivity index (χ2v) is 7.85. The predicted octanol–water partition coefficient (Wildman–Crippen LogP) is 3.07. The molecular weight excluding hydrogens is 374 g/mol. The fraction of sp³-hybridized carbons (Fsp3) is 0.200. The summed E-state index contributed by atoms with van der Waals surface area (Å²) in [6.45, 7) is 3.85. The Morgan fingerprint density at radius 2 is 2.11 bits per heavy atom. The van der Waals surface area contributed by atoms with E-state index in [1.54, 1.807) is 12.3 Å². The van der Waals surface area contributed by atoms with Crippen molar-refractivity contribution in [3.63, 3.8) is 0 Å². The molecule has 4 aromatic rings. The molecule has 1 aliphatic heterocycles. The zero-order valence-electron chi connectivity index (χ0n) is 15.3. The highest BCUT2D eigenvalue weighted by Gasteiger charge is 2.33. The molecular formula is C20H17N5O2S. The third kappa shape index (κ3) is 2.41. The number of amides is 1. The predicted molar refractivity (Wildman–Crippen MR) is 109 cm³/mol. The van der Waals surface area contributed by atoms with Gasteiger partial charge in [0.05, 0.1) is 23.0 Å². The Hall–Kier alpha value is -3.26. The molecule has 1 aromatic carbocycles. The topological polar surface area (TPSA) is 83.9 Å². The fourth-order valence-corrected chi connectivity index (χ4v) is 4.52. The lowest BCUT2D eigenvalue weighted by Gasteiger charge is -2.22. The minimum atomic E-state index is -0.208. The molecule has 28 heavy (non-hydrogen) atoms. The van der Waals surface area contributed by atoms with Gasteiger partial charge < -0.3 is 4.90 Å². The third-order valence-electron chi connectivity index (χ3n) is 5.17. The maximum Gasteiger partial charge on any atom is 0.270 e. The van der Waals surface area contributed by atoms with Crippen LogP contribution >= 0.6 is 11.3 Å². The minimum absolute atomic E-state index is 0.0766. The van der Waals surface area contributed by atoms with Gasteiger partial charge in [0.25, 0.3) is 11.5 Å². The quantitative estimate of drug-likeness (QED) is 0.569. The standard InChI is InChI=1S/C20H17N5O2S/c1-11-9-13-5-3-4-6-16(13)24(11)19(27)14-10-21-25(12(14)2)20-22-15-7-8-28-17(15)18(26)23-20/h3-8,10-11H,9H2,1-2H3,(H,22,23,26)/t11-/m1/s1. The van der Waals surface area contributed by atoms with Gasteiger partial charge in [-0.25, -0.2) is 9.67 Å². The highest BCUT2D eigenvalue weighted by atomic mass is 32.1. The van der Waals surface area contributed by atoms with Gasteiger partial charge in [-0.1, -0.05) is 18.2 Å². The first kappa shape index (κ1) is 16.9. The Morgan fingerprint density at radius 3 is 2.96 bits per heavy atom. The third-order valence-corrected chi connectivity index (χ3v) is 6.07. The molecule has 0 saturated carbocycles. The van der Waals surface area contributed by atoms with Crippen LogP contribution in [-0.2, 0) is 6.42 Å². The van der Waals surface area contributed by atoms with E-state index in [0.717, 1.165) is 12.1 Å². The molecule has 4 heterocycles. The van der Waals surface area contributed by atoms with Crippen molar-refractivity contribution < 1.29 is 4.79 Å². The van der Waals surface area contributed by atoms with Crippen LogP contribution in [0, 0.1) is 6.92 Å². The van der Waals surface area contributed by atoms with Gasteiger partial charge in [0.1, 0.15) is 4.70 Å². The summed E-state index contributed by atoms with van der Waals surface area (Å²) in [5.41, 5.74) is 3.66. The van der Waals surface area contributed by atoms with Crippen molar-refractivity contribution in [1.29, 1.82) is 0 Å². The van der Waals surface area contributed by atoms with Crippen molar-refractivity contribution in [3.05, 3.63) is 69.1 Å². The molecule has 0 bridgehead atoms. The van der Waals surface area contributed by atoms with Crippen molar-refractivity contribution >= 4 is 33.1 Å². The summed E-state index contributed by atoms with van der Waals surface area (Å²) in [4.78, 5) is 34.6. The second kappa shape index (κ2) is 6.13. The summed E-state index contributed by atoms with van der Waals surface area (Å²) in [6, 6.07) is 9.84. The SMILES string of the molecule is Cc1c(C(=O)N2c3ccccc3C[C@H]2C)cnn1-c1nc2ccsc2c(=O)[nH]1. The number of thiophene rings is 1. The number of anilines is 1. The van der Waals surface area contributed by atoms with E-state index in [1.165, 1.54) is 21.6 Å². The van der Waals surface area contributed by atoms with Crippen molar-refractivity contribution in [3.8, 4) is 5.95 Å². The van der Waals surface area contributed by atoms with Gasteiger partial charge >= 0.3 is 0 Å². The molecule has 5 rings (SSSR count). The summed E-state index contributed by atoms with van der Waals surface area (Å²) < 4.78 is 2.09. The molecule has 7 nitrogen and oxygen atoms in total. The first-order chi connectivity index (χ1) is 13.5. The smallest absolute Gasteiger partial charge is 0.270 e. The first-order valence-electron chi connectivity index (χ1n) is 8.98. The van der Waals surface area contributed by atoms with Crippen LogP contribution in [0.1, 0.15) is 28.5 Å². The Morgan fingerprint density at radius 1 is 1.29 bits per heavy atom. The van der Waals surface area contributed by atoms with E-state index in [-0.39, 0.29) is 17.5 Å². The summed E-state index contributed by atoms with van der Waals surface area (Å²) in [6.07, 6.45) is 2.38. The molecule has 1 N–H and O–H groups in total. The van der Waals surface area contributed by atoms with E-state index in [1.807, 2.05) is 42.3 Å². The number of benzene rings is 1. The van der Waals surface area contributed by atoms with Gasteiger partial charge in [0, 0.05) is 11.7 Å². The lowest BCUT2D eigenvalue weighted by Crippen LogP contribution is -2.36. The summed E-state index contributed by atoms with van der Waals surface area (Å²) in [5.74, 6) is 0.211. The number of aromatic amines is 1.